The molecule has 1 aromatic heterocycles. The second kappa shape index (κ2) is 7.84. The lowest BCUT2D eigenvalue weighted by atomic mass is 10.2. The molecule has 1 heterocycles. The Hall–Kier alpha value is -2.53. The number of anilines is 2. The lowest BCUT2D eigenvalue weighted by molar-refractivity contribution is 0.292. The lowest BCUT2D eigenvalue weighted by Gasteiger charge is -2.12. The SMILES string of the molecule is COc1ccccc1Nc1cnc(OCc2ccccc2)c(Br)c1. The summed E-state index contributed by atoms with van der Waals surface area (Å²) < 4.78 is 11.9. The summed E-state index contributed by atoms with van der Waals surface area (Å²) in [6.45, 7) is 0.478. The Morgan fingerprint density at radius 3 is 2.54 bits per heavy atom. The number of aromatic nitrogens is 1. The van der Waals surface area contributed by atoms with Crippen LogP contribution in [0.15, 0.2) is 71.3 Å². The summed E-state index contributed by atoms with van der Waals surface area (Å²) in [6.07, 6.45) is 1.73. The maximum absolute atomic E-state index is 5.76. The molecule has 0 aliphatic rings. The molecule has 5 heteroatoms. The minimum absolute atomic E-state index is 0.478. The third-order valence-corrected chi connectivity index (χ3v) is 3.98. The van der Waals surface area contributed by atoms with Crippen LogP contribution in [0.25, 0.3) is 0 Å². The maximum Gasteiger partial charge on any atom is 0.228 e. The molecule has 0 saturated heterocycles. The fourth-order valence-electron chi connectivity index (χ4n) is 2.23. The molecule has 3 aromatic rings. The van der Waals surface area contributed by atoms with E-state index in [2.05, 4.69) is 26.2 Å². The highest BCUT2D eigenvalue weighted by molar-refractivity contribution is 9.10. The summed E-state index contributed by atoms with van der Waals surface area (Å²) in [5.41, 5.74) is 2.83. The topological polar surface area (TPSA) is 43.4 Å². The largest absolute Gasteiger partial charge is 0.495 e. The van der Waals surface area contributed by atoms with Gasteiger partial charge in [0.15, 0.2) is 0 Å². The number of nitrogens with zero attached hydrogens (tertiary/aromatic N) is 1. The number of halogens is 1. The van der Waals surface area contributed by atoms with Crippen molar-refractivity contribution in [2.45, 2.75) is 6.61 Å². The molecule has 0 aliphatic heterocycles. The maximum atomic E-state index is 5.76. The number of pyridine rings is 1. The second-order valence-corrected chi connectivity index (χ2v) is 5.96. The van der Waals surface area contributed by atoms with Crippen LogP contribution in [0.1, 0.15) is 5.56 Å². The second-order valence-electron chi connectivity index (χ2n) is 5.11. The van der Waals surface area contributed by atoms with Crippen molar-refractivity contribution in [1.82, 2.24) is 4.98 Å². The van der Waals surface area contributed by atoms with Crippen LogP contribution in [0.4, 0.5) is 11.4 Å². The van der Waals surface area contributed by atoms with Crippen LogP contribution >= 0.6 is 15.9 Å². The zero-order chi connectivity index (χ0) is 16.8. The van der Waals surface area contributed by atoms with E-state index in [-0.39, 0.29) is 0 Å². The molecule has 0 saturated carbocycles. The van der Waals surface area contributed by atoms with E-state index in [9.17, 15) is 0 Å². The zero-order valence-corrected chi connectivity index (χ0v) is 14.8. The molecule has 2 aromatic carbocycles. The number of para-hydroxylation sites is 2. The molecule has 0 unspecified atom stereocenters. The van der Waals surface area contributed by atoms with E-state index < -0.39 is 0 Å². The molecule has 0 amide bonds. The van der Waals surface area contributed by atoms with Gasteiger partial charge in [0.25, 0.3) is 0 Å². The molecule has 24 heavy (non-hydrogen) atoms. The van der Waals surface area contributed by atoms with Gasteiger partial charge >= 0.3 is 0 Å². The van der Waals surface area contributed by atoms with Crippen LogP contribution < -0.4 is 14.8 Å². The van der Waals surface area contributed by atoms with E-state index in [0.29, 0.717) is 12.5 Å². The number of methoxy groups -OCH3 is 1. The van der Waals surface area contributed by atoms with Crippen LogP contribution in [0, 0.1) is 0 Å². The molecule has 4 nitrogen and oxygen atoms in total. The van der Waals surface area contributed by atoms with E-state index >= 15 is 0 Å². The van der Waals surface area contributed by atoms with Crippen molar-refractivity contribution in [3.05, 3.63) is 76.9 Å². The normalized spacial score (nSPS) is 10.2. The molecule has 0 radical (unpaired) electrons. The number of hydrogen-bond acceptors (Lipinski definition) is 4. The standard InChI is InChI=1S/C19H17BrN2O2/c1-23-18-10-6-5-9-17(18)22-15-11-16(20)19(21-12-15)24-13-14-7-3-2-4-8-14/h2-12,22H,13H2,1H3. The van der Waals surface area contributed by atoms with Gasteiger partial charge in [-0.1, -0.05) is 42.5 Å². The van der Waals surface area contributed by atoms with Crippen molar-refractivity contribution < 1.29 is 9.47 Å². The molecule has 0 atom stereocenters. The van der Waals surface area contributed by atoms with Crippen molar-refractivity contribution >= 4 is 27.3 Å². The first-order valence-electron chi connectivity index (χ1n) is 7.48. The Kier molecular flexibility index (Phi) is 5.33. The highest BCUT2D eigenvalue weighted by atomic mass is 79.9. The Labute approximate surface area is 149 Å². The van der Waals surface area contributed by atoms with Crippen LogP contribution in [0.2, 0.25) is 0 Å². The van der Waals surface area contributed by atoms with Gasteiger partial charge in [-0.15, -0.1) is 0 Å². The van der Waals surface area contributed by atoms with Crippen LogP contribution in [0.3, 0.4) is 0 Å². The van der Waals surface area contributed by atoms with Gasteiger partial charge in [0.05, 0.1) is 29.2 Å². The van der Waals surface area contributed by atoms with Crippen molar-refractivity contribution in [2.24, 2.45) is 0 Å². The van der Waals surface area contributed by atoms with E-state index in [0.717, 1.165) is 27.2 Å². The van der Waals surface area contributed by atoms with E-state index in [1.54, 1.807) is 13.3 Å². The molecule has 1 N–H and O–H groups in total. The molecule has 0 bridgehead atoms. The van der Waals surface area contributed by atoms with Crippen LogP contribution in [-0.2, 0) is 6.61 Å². The molecular formula is C19H17BrN2O2. The predicted molar refractivity (Wildman–Crippen MR) is 99.0 cm³/mol. The fourth-order valence-corrected chi connectivity index (χ4v) is 2.69. The monoisotopic (exact) mass is 384 g/mol. The average Bonchev–Trinajstić information content (AvgIpc) is 2.62. The highest BCUT2D eigenvalue weighted by Gasteiger charge is 2.07. The first kappa shape index (κ1) is 16.3. The van der Waals surface area contributed by atoms with Gasteiger partial charge in [0.1, 0.15) is 12.4 Å². The smallest absolute Gasteiger partial charge is 0.228 e. The molecular weight excluding hydrogens is 368 g/mol. The summed E-state index contributed by atoms with van der Waals surface area (Å²) in [7, 11) is 1.65. The zero-order valence-electron chi connectivity index (χ0n) is 13.2. The van der Waals surface area contributed by atoms with Gasteiger partial charge < -0.3 is 14.8 Å². The Bertz CT molecular complexity index is 809. The third kappa shape index (κ3) is 4.06. The number of rotatable bonds is 6. The molecule has 3 rings (SSSR count). The fraction of sp³-hybridized carbons (Fsp3) is 0.105. The lowest BCUT2D eigenvalue weighted by Crippen LogP contribution is -1.99. The minimum Gasteiger partial charge on any atom is -0.495 e. The highest BCUT2D eigenvalue weighted by Crippen LogP contribution is 2.30. The number of hydrogen-bond donors (Lipinski definition) is 1. The van der Waals surface area contributed by atoms with Crippen molar-refractivity contribution in [1.29, 1.82) is 0 Å². The summed E-state index contributed by atoms with van der Waals surface area (Å²) in [5.74, 6) is 1.34. The summed E-state index contributed by atoms with van der Waals surface area (Å²) in [4.78, 5) is 4.37. The minimum atomic E-state index is 0.478. The van der Waals surface area contributed by atoms with E-state index in [1.807, 2.05) is 60.7 Å². The quantitative estimate of drug-likeness (QED) is 0.635. The van der Waals surface area contributed by atoms with Crippen molar-refractivity contribution in [3.63, 3.8) is 0 Å². The molecule has 0 spiro atoms. The van der Waals surface area contributed by atoms with Gasteiger partial charge in [-0.2, -0.15) is 0 Å². The van der Waals surface area contributed by atoms with Gasteiger partial charge in [-0.05, 0) is 39.7 Å². The van der Waals surface area contributed by atoms with Gasteiger partial charge in [0, 0.05) is 0 Å². The Morgan fingerprint density at radius 1 is 1.04 bits per heavy atom. The van der Waals surface area contributed by atoms with Crippen molar-refractivity contribution in [3.8, 4) is 11.6 Å². The first-order valence-corrected chi connectivity index (χ1v) is 8.28. The molecule has 0 fully saturated rings. The van der Waals surface area contributed by atoms with Gasteiger partial charge in [0.2, 0.25) is 5.88 Å². The summed E-state index contributed by atoms with van der Waals surface area (Å²) in [6, 6.07) is 19.7. The molecule has 122 valence electrons. The third-order valence-electron chi connectivity index (χ3n) is 3.41. The Morgan fingerprint density at radius 2 is 1.79 bits per heavy atom. The summed E-state index contributed by atoms with van der Waals surface area (Å²) in [5, 5.41) is 3.29. The number of ether oxygens (including phenoxy) is 2. The molecule has 0 aliphatic carbocycles. The van der Waals surface area contributed by atoms with E-state index in [1.165, 1.54) is 0 Å². The number of benzene rings is 2. The summed E-state index contributed by atoms with van der Waals surface area (Å²) >= 11 is 3.51. The van der Waals surface area contributed by atoms with Crippen LogP contribution in [0.5, 0.6) is 11.6 Å². The average molecular weight is 385 g/mol. The van der Waals surface area contributed by atoms with Gasteiger partial charge in [-0.3, -0.25) is 0 Å². The van der Waals surface area contributed by atoms with E-state index in [4.69, 9.17) is 9.47 Å². The first-order chi connectivity index (χ1) is 11.8. The Balaban J connectivity index is 1.70. The predicted octanol–water partition coefficient (Wildman–Crippen LogP) is 5.18. The van der Waals surface area contributed by atoms with Gasteiger partial charge in [-0.25, -0.2) is 4.98 Å². The van der Waals surface area contributed by atoms with Crippen molar-refractivity contribution in [2.75, 3.05) is 12.4 Å². The van der Waals surface area contributed by atoms with Crippen LogP contribution in [-0.4, -0.2) is 12.1 Å². The number of nitrogens with one attached hydrogen (secondary N) is 1.